The number of allylic oxidation sites excluding steroid dienone is 9. The van der Waals surface area contributed by atoms with Gasteiger partial charge in [0.25, 0.3) is 0 Å². The maximum atomic E-state index is 12.6. The van der Waals surface area contributed by atoms with Crippen LogP contribution in [-0.2, 0) is 32.7 Å². The largest absolute Gasteiger partial charge is 0.472 e. The molecule has 0 aromatic heterocycles. The van der Waals surface area contributed by atoms with Gasteiger partial charge >= 0.3 is 19.8 Å². The van der Waals surface area contributed by atoms with E-state index in [2.05, 4.69) is 44.2 Å². The summed E-state index contributed by atoms with van der Waals surface area (Å²) in [6.07, 6.45) is 41.3. The Morgan fingerprint density at radius 1 is 0.632 bits per heavy atom. The maximum Gasteiger partial charge on any atom is 0.472 e. The highest BCUT2D eigenvalue weighted by molar-refractivity contribution is 7.47. The molecule has 11 nitrogen and oxygen atoms in total. The van der Waals surface area contributed by atoms with Gasteiger partial charge in [-0.1, -0.05) is 145 Å². The first-order valence-corrected chi connectivity index (χ1v) is 23.1. The lowest BCUT2D eigenvalue weighted by molar-refractivity contribution is -0.161. The molecule has 0 radical (unpaired) electrons. The molecule has 4 atom stereocenters. The summed E-state index contributed by atoms with van der Waals surface area (Å²) in [5.41, 5.74) is 5.33. The van der Waals surface area contributed by atoms with Gasteiger partial charge in [-0.05, 0) is 70.6 Å². The third-order valence-electron chi connectivity index (χ3n) is 8.75. The zero-order valence-corrected chi connectivity index (χ0v) is 36.2. The highest BCUT2D eigenvalue weighted by Crippen LogP contribution is 2.43. The lowest BCUT2D eigenvalue weighted by Crippen LogP contribution is -2.29. The molecule has 57 heavy (non-hydrogen) atoms. The number of aliphatic hydroxyl groups excluding tert-OH is 2. The predicted octanol–water partition coefficient (Wildman–Crippen LogP) is 10.2. The lowest BCUT2D eigenvalue weighted by Gasteiger charge is -2.20. The van der Waals surface area contributed by atoms with E-state index in [0.29, 0.717) is 25.7 Å². The fraction of sp³-hybridized carbons (Fsp3) is 0.689. The van der Waals surface area contributed by atoms with E-state index in [1.807, 2.05) is 6.08 Å². The first-order chi connectivity index (χ1) is 27.6. The zero-order valence-electron chi connectivity index (χ0n) is 35.3. The number of ether oxygens (including phenoxy) is 2. The fourth-order valence-corrected chi connectivity index (χ4v) is 6.21. The molecule has 0 aromatic carbocycles. The van der Waals surface area contributed by atoms with Crippen LogP contribution in [0.2, 0.25) is 0 Å². The molecule has 5 N–H and O–H groups in total. The third-order valence-corrected chi connectivity index (χ3v) is 9.74. The Labute approximate surface area is 345 Å². The summed E-state index contributed by atoms with van der Waals surface area (Å²) in [5, 5.41) is 20.3. The van der Waals surface area contributed by atoms with Crippen LogP contribution in [0.4, 0.5) is 0 Å². The summed E-state index contributed by atoms with van der Waals surface area (Å²) in [7, 11) is -4.45. The molecule has 0 rings (SSSR count). The molecule has 0 bridgehead atoms. The van der Waals surface area contributed by atoms with Gasteiger partial charge in [-0.25, -0.2) is 4.57 Å². The minimum atomic E-state index is -4.45. The Bertz CT molecular complexity index is 1200. The van der Waals surface area contributed by atoms with Gasteiger partial charge in [-0.15, -0.1) is 0 Å². The second-order valence-corrected chi connectivity index (χ2v) is 15.7. The van der Waals surface area contributed by atoms with Crippen LogP contribution in [0.1, 0.15) is 155 Å². The van der Waals surface area contributed by atoms with Crippen molar-refractivity contribution >= 4 is 19.8 Å². The van der Waals surface area contributed by atoms with E-state index in [0.717, 1.165) is 38.5 Å². The van der Waals surface area contributed by atoms with Crippen molar-refractivity contribution in [1.82, 2.24) is 0 Å². The smallest absolute Gasteiger partial charge is 0.462 e. The Kier molecular flexibility index (Phi) is 38.3. The van der Waals surface area contributed by atoms with Gasteiger partial charge in [-0.2, -0.15) is 0 Å². The Balaban J connectivity index is 4.44. The van der Waals surface area contributed by atoms with Gasteiger partial charge in [0.15, 0.2) is 6.10 Å². The molecule has 12 heteroatoms. The van der Waals surface area contributed by atoms with Crippen LogP contribution in [0.25, 0.3) is 0 Å². The highest BCUT2D eigenvalue weighted by atomic mass is 31.2. The Hall–Kier alpha value is -2.63. The zero-order chi connectivity index (χ0) is 42.1. The quantitative estimate of drug-likeness (QED) is 0.0153. The molecule has 0 spiro atoms. The third kappa shape index (κ3) is 40.0. The van der Waals surface area contributed by atoms with E-state index in [4.69, 9.17) is 24.3 Å². The monoisotopic (exact) mass is 824 g/mol. The molecule has 1 unspecified atom stereocenters. The van der Waals surface area contributed by atoms with Crippen LogP contribution in [-0.4, -0.2) is 71.7 Å². The molecule has 0 heterocycles. The van der Waals surface area contributed by atoms with Gasteiger partial charge in [-0.3, -0.25) is 18.6 Å². The molecular weight excluding hydrogens is 745 g/mol. The first-order valence-electron chi connectivity index (χ1n) is 21.6. The van der Waals surface area contributed by atoms with E-state index in [1.165, 1.54) is 64.2 Å². The van der Waals surface area contributed by atoms with Crippen molar-refractivity contribution in [2.75, 3.05) is 26.4 Å². The van der Waals surface area contributed by atoms with E-state index in [9.17, 15) is 29.3 Å². The summed E-state index contributed by atoms with van der Waals surface area (Å²) >= 11 is 0. The van der Waals surface area contributed by atoms with Gasteiger partial charge in [0.05, 0.1) is 25.4 Å². The van der Waals surface area contributed by atoms with E-state index in [1.54, 1.807) is 36.5 Å². The van der Waals surface area contributed by atoms with Crippen molar-refractivity contribution in [2.24, 2.45) is 5.73 Å². The molecule has 328 valence electrons. The SMILES string of the molecule is CCCCC/C=C\C/C=C\CCCCCCCCCC(=O)OC[C@H](COP(=O)(O)OCCN)OC(=O)CCC[C@@H](O)\C=C/C=C/C=C/[C@@H](O)C/C=C\CCCCC. The number of rotatable bonds is 39. The number of carbonyl (C=O) groups excluding carboxylic acids is 2. The number of phosphoric ester groups is 1. The van der Waals surface area contributed by atoms with E-state index < -0.39 is 44.7 Å². The van der Waals surface area contributed by atoms with Crippen molar-refractivity contribution in [3.8, 4) is 0 Å². The van der Waals surface area contributed by atoms with Crippen LogP contribution in [0, 0.1) is 0 Å². The second-order valence-electron chi connectivity index (χ2n) is 14.3. The van der Waals surface area contributed by atoms with Crippen LogP contribution in [0.15, 0.2) is 72.9 Å². The summed E-state index contributed by atoms with van der Waals surface area (Å²) in [6, 6.07) is 0. The second kappa shape index (κ2) is 40.2. The van der Waals surface area contributed by atoms with Crippen molar-refractivity contribution in [3.05, 3.63) is 72.9 Å². The number of phosphoric acid groups is 1. The van der Waals surface area contributed by atoms with Crippen LogP contribution in [0.5, 0.6) is 0 Å². The molecule has 0 aliphatic heterocycles. The van der Waals surface area contributed by atoms with Gasteiger partial charge in [0, 0.05) is 19.4 Å². The molecule has 0 fully saturated rings. The number of esters is 2. The summed E-state index contributed by atoms with van der Waals surface area (Å²) in [6.45, 7) is 3.33. The van der Waals surface area contributed by atoms with Crippen LogP contribution in [0.3, 0.4) is 0 Å². The standard InChI is InChI=1S/C45H78NO10P/c1-3-5-7-9-11-12-13-14-15-16-17-18-19-20-21-23-29-35-44(49)53-39-43(40-55-57(51,52)54-38-37-46)56-45(50)36-30-34-42(48)33-28-25-24-27-32-41(47)31-26-22-10-8-6-4-2/h11-12,14-15,22,24-28,32-33,41-43,47-48H,3-10,13,16-21,23,29-31,34-40,46H2,1-2H3,(H,51,52)/b12-11-,15-14-,25-24+,26-22-,32-27+,33-28-/t41-,42-,43+/m0/s1. The number of hydrogen-bond acceptors (Lipinski definition) is 10. The van der Waals surface area contributed by atoms with Gasteiger partial charge < -0.3 is 30.3 Å². The van der Waals surface area contributed by atoms with Crippen LogP contribution >= 0.6 is 7.82 Å². The molecule has 0 saturated heterocycles. The summed E-state index contributed by atoms with van der Waals surface area (Å²) in [4.78, 5) is 34.9. The van der Waals surface area contributed by atoms with Crippen molar-refractivity contribution < 1.29 is 47.8 Å². The normalized spacial score (nSPS) is 15.1. The van der Waals surface area contributed by atoms with Crippen molar-refractivity contribution in [2.45, 2.75) is 173 Å². The number of aliphatic hydroxyl groups is 2. The number of unbranched alkanes of at least 4 members (excludes halogenated alkanes) is 13. The lowest BCUT2D eigenvalue weighted by atomic mass is 10.1. The highest BCUT2D eigenvalue weighted by Gasteiger charge is 2.26. The summed E-state index contributed by atoms with van der Waals surface area (Å²) in [5.74, 6) is -1.08. The topological polar surface area (TPSA) is 175 Å². The molecule has 0 saturated carbocycles. The van der Waals surface area contributed by atoms with E-state index in [-0.39, 0.29) is 32.6 Å². The van der Waals surface area contributed by atoms with Crippen molar-refractivity contribution in [3.63, 3.8) is 0 Å². The van der Waals surface area contributed by atoms with Crippen molar-refractivity contribution in [1.29, 1.82) is 0 Å². The number of carbonyl (C=O) groups is 2. The first kappa shape index (κ1) is 54.4. The van der Waals surface area contributed by atoms with Gasteiger partial charge in [0.1, 0.15) is 6.61 Å². The molecule has 0 aliphatic rings. The average molecular weight is 824 g/mol. The molecular formula is C45H78NO10P. The Morgan fingerprint density at radius 3 is 1.79 bits per heavy atom. The molecule has 0 aromatic rings. The average Bonchev–Trinajstić information content (AvgIpc) is 3.19. The summed E-state index contributed by atoms with van der Waals surface area (Å²) < 4.78 is 32.6. The fourth-order valence-electron chi connectivity index (χ4n) is 5.45. The Morgan fingerprint density at radius 2 is 1.18 bits per heavy atom. The van der Waals surface area contributed by atoms with Gasteiger partial charge in [0.2, 0.25) is 0 Å². The minimum Gasteiger partial charge on any atom is -0.462 e. The minimum absolute atomic E-state index is 0.00891. The number of nitrogens with two attached hydrogens (primary N) is 1. The molecule has 0 amide bonds. The maximum absolute atomic E-state index is 12.6. The van der Waals surface area contributed by atoms with Crippen LogP contribution < -0.4 is 5.73 Å². The van der Waals surface area contributed by atoms with E-state index >= 15 is 0 Å². The molecule has 0 aliphatic carbocycles. The number of hydrogen-bond donors (Lipinski definition) is 4. The predicted molar refractivity (Wildman–Crippen MR) is 231 cm³/mol.